The fraction of sp³-hybridized carbons (Fsp3) is 0.429. The number of amides is 3. The maximum absolute atomic E-state index is 12.1. The summed E-state index contributed by atoms with van der Waals surface area (Å²) in [5.74, 6) is -0.488. The molecule has 0 spiro atoms. The zero-order valence-electron chi connectivity index (χ0n) is 12.8. The van der Waals surface area contributed by atoms with E-state index >= 15 is 0 Å². The van der Waals surface area contributed by atoms with Crippen molar-refractivity contribution in [3.8, 4) is 0 Å². The Labute approximate surface area is 150 Å². The molecule has 1 aliphatic rings. The molecule has 3 amide bonds. The van der Waals surface area contributed by atoms with Crippen LogP contribution in [0.3, 0.4) is 0 Å². The number of halogens is 2. The Bertz CT molecular complexity index is 754. The first-order valence-corrected chi connectivity index (χ1v) is 9.77. The lowest BCUT2D eigenvalue weighted by atomic mass is 10.2. The van der Waals surface area contributed by atoms with Crippen molar-refractivity contribution in [3.63, 3.8) is 0 Å². The summed E-state index contributed by atoms with van der Waals surface area (Å²) in [5.41, 5.74) is 0.377. The van der Waals surface area contributed by atoms with Gasteiger partial charge in [-0.15, -0.1) is 0 Å². The zero-order chi connectivity index (χ0) is 17.9. The highest BCUT2D eigenvalue weighted by molar-refractivity contribution is 7.91. The molecular formula is C14H17Cl2N3O4S. The predicted octanol–water partition coefficient (Wildman–Crippen LogP) is 1.81. The maximum Gasteiger partial charge on any atom is 0.315 e. The second-order valence-corrected chi connectivity index (χ2v) is 8.63. The number of nitrogens with one attached hydrogen (secondary N) is 3. The van der Waals surface area contributed by atoms with Crippen LogP contribution in [0.25, 0.3) is 0 Å². The highest BCUT2D eigenvalue weighted by Gasteiger charge is 2.29. The van der Waals surface area contributed by atoms with Crippen molar-refractivity contribution in [2.24, 2.45) is 0 Å². The summed E-state index contributed by atoms with van der Waals surface area (Å²) in [7, 11) is -3.08. The molecule has 0 radical (unpaired) electrons. The minimum absolute atomic E-state index is 0.0586. The van der Waals surface area contributed by atoms with Gasteiger partial charge in [0.1, 0.15) is 6.04 Å². The van der Waals surface area contributed by atoms with Crippen LogP contribution in [-0.2, 0) is 14.6 Å². The fourth-order valence-electron chi connectivity index (χ4n) is 2.23. The first kappa shape index (κ1) is 18.8. The molecule has 1 fully saturated rings. The highest BCUT2D eigenvalue weighted by Crippen LogP contribution is 2.25. The molecule has 0 aromatic heterocycles. The number of hydrogen-bond acceptors (Lipinski definition) is 4. The van der Waals surface area contributed by atoms with Crippen LogP contribution in [0.15, 0.2) is 18.2 Å². The number of hydrogen-bond donors (Lipinski definition) is 3. The maximum atomic E-state index is 12.1. The Morgan fingerprint density at radius 2 is 2.00 bits per heavy atom. The van der Waals surface area contributed by atoms with Gasteiger partial charge in [-0.3, -0.25) is 4.79 Å². The van der Waals surface area contributed by atoms with Gasteiger partial charge in [0.2, 0.25) is 5.91 Å². The van der Waals surface area contributed by atoms with Gasteiger partial charge in [0.15, 0.2) is 9.84 Å². The van der Waals surface area contributed by atoms with E-state index in [9.17, 15) is 18.0 Å². The molecule has 1 saturated heterocycles. The molecule has 0 bridgehead atoms. The van der Waals surface area contributed by atoms with Crippen LogP contribution in [0.5, 0.6) is 0 Å². The molecule has 7 nitrogen and oxygen atoms in total. The van der Waals surface area contributed by atoms with Crippen molar-refractivity contribution < 1.29 is 18.0 Å². The van der Waals surface area contributed by atoms with E-state index in [4.69, 9.17) is 23.2 Å². The third-order valence-corrected chi connectivity index (χ3v) is 5.81. The van der Waals surface area contributed by atoms with Gasteiger partial charge >= 0.3 is 6.03 Å². The van der Waals surface area contributed by atoms with Gasteiger partial charge in [-0.05, 0) is 31.5 Å². The van der Waals surface area contributed by atoms with Crippen LogP contribution in [0.1, 0.15) is 13.3 Å². The lowest BCUT2D eigenvalue weighted by molar-refractivity contribution is -0.117. The monoisotopic (exact) mass is 393 g/mol. The molecule has 1 aliphatic heterocycles. The van der Waals surface area contributed by atoms with Gasteiger partial charge in [0.05, 0.1) is 22.2 Å². The van der Waals surface area contributed by atoms with E-state index in [-0.39, 0.29) is 16.5 Å². The van der Waals surface area contributed by atoms with Crippen molar-refractivity contribution in [1.82, 2.24) is 10.6 Å². The van der Waals surface area contributed by atoms with Crippen molar-refractivity contribution in [3.05, 3.63) is 28.2 Å². The van der Waals surface area contributed by atoms with Gasteiger partial charge in [-0.1, -0.05) is 23.2 Å². The zero-order valence-corrected chi connectivity index (χ0v) is 15.1. The lowest BCUT2D eigenvalue weighted by Crippen LogP contribution is -2.49. The van der Waals surface area contributed by atoms with Gasteiger partial charge in [0, 0.05) is 11.1 Å². The summed E-state index contributed by atoms with van der Waals surface area (Å²) in [6.07, 6.45) is 0.372. The van der Waals surface area contributed by atoms with Gasteiger partial charge in [-0.25, -0.2) is 13.2 Å². The number of anilines is 1. The predicted molar refractivity (Wildman–Crippen MR) is 93.3 cm³/mol. The standard InChI is InChI=1S/C14H17Cl2N3O4S/c1-8(13(20)19-12-3-2-9(15)6-11(12)16)17-14(21)18-10-4-5-24(22,23)7-10/h2-3,6,8,10H,4-5,7H2,1H3,(H,19,20)(H2,17,18,21)/t8-,10+/m0/s1. The number of rotatable bonds is 4. The van der Waals surface area contributed by atoms with E-state index in [1.165, 1.54) is 13.0 Å². The molecule has 10 heteroatoms. The lowest BCUT2D eigenvalue weighted by Gasteiger charge is -2.17. The van der Waals surface area contributed by atoms with Crippen LogP contribution in [0, 0.1) is 0 Å². The molecule has 2 rings (SSSR count). The molecule has 0 saturated carbocycles. The van der Waals surface area contributed by atoms with E-state index in [0.29, 0.717) is 17.1 Å². The Balaban J connectivity index is 1.86. The topological polar surface area (TPSA) is 104 Å². The van der Waals surface area contributed by atoms with E-state index in [2.05, 4.69) is 16.0 Å². The first-order valence-electron chi connectivity index (χ1n) is 7.19. The van der Waals surface area contributed by atoms with E-state index < -0.39 is 33.9 Å². The second kappa shape index (κ2) is 7.58. The normalized spacial score (nSPS) is 20.2. The number of benzene rings is 1. The second-order valence-electron chi connectivity index (χ2n) is 5.55. The Kier molecular flexibility index (Phi) is 5.95. The Morgan fingerprint density at radius 3 is 2.58 bits per heavy atom. The summed E-state index contributed by atoms with van der Waals surface area (Å²) in [4.78, 5) is 23.9. The van der Waals surface area contributed by atoms with Crippen LogP contribution in [0.4, 0.5) is 10.5 Å². The SMILES string of the molecule is C[C@H](NC(=O)N[C@@H]1CCS(=O)(=O)C1)C(=O)Nc1ccc(Cl)cc1Cl. The summed E-state index contributed by atoms with van der Waals surface area (Å²) in [6, 6.07) is 2.75. The summed E-state index contributed by atoms with van der Waals surface area (Å²) >= 11 is 11.7. The van der Waals surface area contributed by atoms with E-state index in [0.717, 1.165) is 0 Å². The fourth-order valence-corrected chi connectivity index (χ4v) is 4.36. The molecule has 1 aromatic rings. The van der Waals surface area contributed by atoms with Crippen molar-refractivity contribution >= 4 is 50.7 Å². The quantitative estimate of drug-likeness (QED) is 0.725. The van der Waals surface area contributed by atoms with Crippen molar-refractivity contribution in [2.45, 2.75) is 25.4 Å². The smallest absolute Gasteiger partial charge is 0.315 e. The van der Waals surface area contributed by atoms with Crippen LogP contribution in [-0.4, -0.2) is 43.9 Å². The van der Waals surface area contributed by atoms with Gasteiger partial charge < -0.3 is 16.0 Å². The summed E-state index contributed by atoms with van der Waals surface area (Å²) in [6.45, 7) is 1.50. The van der Waals surface area contributed by atoms with Crippen LogP contribution >= 0.6 is 23.2 Å². The third-order valence-electron chi connectivity index (χ3n) is 3.50. The number of carbonyl (C=O) groups is 2. The van der Waals surface area contributed by atoms with Gasteiger partial charge in [-0.2, -0.15) is 0 Å². The molecule has 0 unspecified atom stereocenters. The molecule has 0 aliphatic carbocycles. The molecule has 24 heavy (non-hydrogen) atoms. The van der Waals surface area contributed by atoms with Crippen molar-refractivity contribution in [2.75, 3.05) is 16.8 Å². The molecule has 3 N–H and O–H groups in total. The molecule has 2 atom stereocenters. The van der Waals surface area contributed by atoms with E-state index in [1.807, 2.05) is 0 Å². The summed E-state index contributed by atoms with van der Waals surface area (Å²) in [5, 5.41) is 8.31. The summed E-state index contributed by atoms with van der Waals surface area (Å²) < 4.78 is 22.7. The average molecular weight is 394 g/mol. The third kappa shape index (κ3) is 5.25. The molecule has 132 valence electrons. The van der Waals surface area contributed by atoms with Crippen LogP contribution in [0.2, 0.25) is 10.0 Å². The highest BCUT2D eigenvalue weighted by atomic mass is 35.5. The van der Waals surface area contributed by atoms with E-state index in [1.54, 1.807) is 12.1 Å². The average Bonchev–Trinajstić information content (AvgIpc) is 2.80. The van der Waals surface area contributed by atoms with Crippen LogP contribution < -0.4 is 16.0 Å². The Hall–Kier alpha value is -1.51. The number of carbonyl (C=O) groups excluding carboxylic acids is 2. The minimum Gasteiger partial charge on any atom is -0.334 e. The largest absolute Gasteiger partial charge is 0.334 e. The molecule has 1 heterocycles. The number of urea groups is 1. The van der Waals surface area contributed by atoms with Gasteiger partial charge in [0.25, 0.3) is 0 Å². The number of sulfone groups is 1. The molecule has 1 aromatic carbocycles. The minimum atomic E-state index is -3.08. The molecular weight excluding hydrogens is 377 g/mol. The van der Waals surface area contributed by atoms with Crippen molar-refractivity contribution in [1.29, 1.82) is 0 Å². The first-order chi connectivity index (χ1) is 11.2. The Morgan fingerprint density at radius 1 is 1.29 bits per heavy atom.